The molecule has 2 aromatic rings. The third-order valence-electron chi connectivity index (χ3n) is 2.22. The lowest BCUT2D eigenvalue weighted by molar-refractivity contribution is 0.489. The normalized spacial score (nSPS) is 10.5. The number of nitrogens with zero attached hydrogens (tertiary/aromatic N) is 1. The van der Waals surface area contributed by atoms with Gasteiger partial charge in [0.1, 0.15) is 5.76 Å². The van der Waals surface area contributed by atoms with Crippen LogP contribution in [-0.4, -0.2) is 11.5 Å². The number of hydrogen-bond acceptors (Lipinski definition) is 3. The number of hydrogen-bond donors (Lipinski definition) is 1. The van der Waals surface area contributed by atoms with E-state index in [1.165, 1.54) is 0 Å². The molecule has 0 aromatic carbocycles. The van der Waals surface area contributed by atoms with Crippen molar-refractivity contribution >= 4 is 0 Å². The van der Waals surface area contributed by atoms with Crippen LogP contribution in [0.25, 0.3) is 11.3 Å². The molecule has 78 valence electrons. The zero-order valence-electron chi connectivity index (χ0n) is 8.73. The summed E-state index contributed by atoms with van der Waals surface area (Å²) in [5.74, 6) is 0.940. The van der Waals surface area contributed by atoms with Crippen LogP contribution >= 0.6 is 0 Å². The number of furan rings is 1. The molecule has 0 spiro atoms. The Kier molecular flexibility index (Phi) is 3.15. The molecule has 0 radical (unpaired) electrons. The zero-order valence-corrected chi connectivity index (χ0v) is 8.73. The van der Waals surface area contributed by atoms with Gasteiger partial charge in [0, 0.05) is 11.8 Å². The monoisotopic (exact) mass is 202 g/mol. The summed E-state index contributed by atoms with van der Waals surface area (Å²) in [6, 6.07) is 7.83. The predicted octanol–water partition coefficient (Wildman–Crippen LogP) is 2.45. The molecule has 0 aliphatic rings. The molecule has 0 saturated carbocycles. The Morgan fingerprint density at radius 2 is 2.27 bits per heavy atom. The first-order chi connectivity index (χ1) is 7.42. The third kappa shape index (κ3) is 2.25. The minimum Gasteiger partial charge on any atom is -0.467 e. The highest BCUT2D eigenvalue weighted by Gasteiger charge is 2.08. The van der Waals surface area contributed by atoms with Gasteiger partial charge >= 0.3 is 0 Å². The van der Waals surface area contributed by atoms with Crippen molar-refractivity contribution in [2.75, 3.05) is 6.54 Å². The van der Waals surface area contributed by atoms with Crippen LogP contribution in [0.4, 0.5) is 0 Å². The van der Waals surface area contributed by atoms with Crippen molar-refractivity contribution in [3.63, 3.8) is 0 Å². The van der Waals surface area contributed by atoms with Crippen molar-refractivity contribution in [1.29, 1.82) is 0 Å². The van der Waals surface area contributed by atoms with Crippen molar-refractivity contribution in [1.82, 2.24) is 10.3 Å². The van der Waals surface area contributed by atoms with Crippen LogP contribution in [0, 0.1) is 0 Å². The quantitative estimate of drug-likeness (QED) is 0.827. The van der Waals surface area contributed by atoms with E-state index in [1.54, 1.807) is 12.5 Å². The molecule has 3 nitrogen and oxygen atoms in total. The van der Waals surface area contributed by atoms with Crippen LogP contribution in [0.3, 0.4) is 0 Å². The van der Waals surface area contributed by atoms with E-state index >= 15 is 0 Å². The first-order valence-corrected chi connectivity index (χ1v) is 5.10. The van der Waals surface area contributed by atoms with E-state index in [1.807, 2.05) is 24.3 Å². The van der Waals surface area contributed by atoms with Gasteiger partial charge in [-0.15, -0.1) is 0 Å². The minimum absolute atomic E-state index is 0.745. The van der Waals surface area contributed by atoms with Crippen molar-refractivity contribution in [2.24, 2.45) is 0 Å². The van der Waals surface area contributed by atoms with E-state index in [-0.39, 0.29) is 0 Å². The topological polar surface area (TPSA) is 38.1 Å². The molecule has 0 unspecified atom stereocenters. The van der Waals surface area contributed by atoms with Gasteiger partial charge in [-0.3, -0.25) is 4.98 Å². The Morgan fingerprint density at radius 1 is 1.33 bits per heavy atom. The largest absolute Gasteiger partial charge is 0.467 e. The van der Waals surface area contributed by atoms with Crippen LogP contribution in [0.15, 0.2) is 41.1 Å². The molecule has 0 fully saturated rings. The lowest BCUT2D eigenvalue weighted by Crippen LogP contribution is -2.11. The predicted molar refractivity (Wildman–Crippen MR) is 59.3 cm³/mol. The van der Waals surface area contributed by atoms with Gasteiger partial charge in [-0.25, -0.2) is 0 Å². The highest BCUT2D eigenvalue weighted by Crippen LogP contribution is 2.22. The van der Waals surface area contributed by atoms with E-state index < -0.39 is 0 Å². The molecule has 2 rings (SSSR count). The average Bonchev–Trinajstić information content (AvgIpc) is 2.75. The van der Waals surface area contributed by atoms with Crippen LogP contribution in [0.2, 0.25) is 0 Å². The molecule has 3 heteroatoms. The fourth-order valence-corrected chi connectivity index (χ4v) is 1.47. The summed E-state index contributed by atoms with van der Waals surface area (Å²) >= 11 is 0. The fourth-order valence-electron chi connectivity index (χ4n) is 1.47. The highest BCUT2D eigenvalue weighted by atomic mass is 16.3. The second-order valence-corrected chi connectivity index (χ2v) is 3.25. The van der Waals surface area contributed by atoms with Gasteiger partial charge in [-0.05, 0) is 24.7 Å². The Morgan fingerprint density at radius 3 is 3.00 bits per heavy atom. The Bertz CT molecular complexity index is 409. The molecule has 1 N–H and O–H groups in total. The van der Waals surface area contributed by atoms with E-state index in [0.29, 0.717) is 0 Å². The molecule has 0 bridgehead atoms. The molecule has 0 saturated heterocycles. The van der Waals surface area contributed by atoms with Gasteiger partial charge < -0.3 is 9.73 Å². The maximum atomic E-state index is 5.42. The van der Waals surface area contributed by atoms with Crippen LogP contribution in [0.1, 0.15) is 12.7 Å². The number of aromatic nitrogens is 1. The second kappa shape index (κ2) is 4.75. The number of nitrogens with one attached hydrogen (secondary N) is 1. The van der Waals surface area contributed by atoms with Gasteiger partial charge in [-0.2, -0.15) is 0 Å². The summed E-state index contributed by atoms with van der Waals surface area (Å²) in [6.45, 7) is 3.75. The summed E-state index contributed by atoms with van der Waals surface area (Å²) in [6.07, 6.45) is 3.50. The Hall–Kier alpha value is -1.61. The third-order valence-corrected chi connectivity index (χ3v) is 2.22. The maximum Gasteiger partial charge on any atom is 0.126 e. The van der Waals surface area contributed by atoms with Crippen molar-refractivity contribution in [3.05, 3.63) is 42.5 Å². The lowest BCUT2D eigenvalue weighted by atomic mass is 10.1. The average molecular weight is 202 g/mol. The van der Waals surface area contributed by atoms with Gasteiger partial charge in [-0.1, -0.05) is 13.0 Å². The Labute approximate surface area is 89.1 Å². The number of pyridine rings is 1. The summed E-state index contributed by atoms with van der Waals surface area (Å²) in [5, 5.41) is 3.24. The zero-order chi connectivity index (χ0) is 10.5. The lowest BCUT2D eigenvalue weighted by Gasteiger charge is -2.02. The summed E-state index contributed by atoms with van der Waals surface area (Å²) in [5.41, 5.74) is 2.02. The molecular weight excluding hydrogens is 188 g/mol. The summed E-state index contributed by atoms with van der Waals surface area (Å²) < 4.78 is 5.42. The second-order valence-electron chi connectivity index (χ2n) is 3.25. The molecule has 0 amide bonds. The molecule has 15 heavy (non-hydrogen) atoms. The van der Waals surface area contributed by atoms with Gasteiger partial charge in [0.05, 0.1) is 18.5 Å². The molecule has 0 aliphatic carbocycles. The smallest absolute Gasteiger partial charge is 0.126 e. The standard InChI is InChI=1S/C12H14N2O/c1-2-13-9-12-10(6-8-15-12)11-5-3-4-7-14-11/h3-8,13H,2,9H2,1H3. The van der Waals surface area contributed by atoms with E-state index in [2.05, 4.69) is 17.2 Å². The molecule has 0 aliphatic heterocycles. The first kappa shape index (κ1) is 9.93. The van der Waals surface area contributed by atoms with Crippen molar-refractivity contribution in [3.8, 4) is 11.3 Å². The maximum absolute atomic E-state index is 5.42. The van der Waals surface area contributed by atoms with Gasteiger partial charge in [0.2, 0.25) is 0 Å². The van der Waals surface area contributed by atoms with E-state index in [9.17, 15) is 0 Å². The summed E-state index contributed by atoms with van der Waals surface area (Å²) in [7, 11) is 0. The molecule has 2 aromatic heterocycles. The van der Waals surface area contributed by atoms with Gasteiger partial charge in [0.25, 0.3) is 0 Å². The van der Waals surface area contributed by atoms with Crippen molar-refractivity contribution < 1.29 is 4.42 Å². The van der Waals surface area contributed by atoms with Crippen molar-refractivity contribution in [2.45, 2.75) is 13.5 Å². The van der Waals surface area contributed by atoms with Crippen LogP contribution in [-0.2, 0) is 6.54 Å². The summed E-state index contributed by atoms with van der Waals surface area (Å²) in [4.78, 5) is 4.30. The first-order valence-electron chi connectivity index (χ1n) is 5.10. The fraction of sp³-hybridized carbons (Fsp3) is 0.250. The SMILES string of the molecule is CCNCc1occc1-c1ccccn1. The molecule has 0 atom stereocenters. The van der Waals surface area contributed by atoms with Crippen LogP contribution < -0.4 is 5.32 Å². The van der Waals surface area contributed by atoms with E-state index in [4.69, 9.17) is 4.42 Å². The van der Waals surface area contributed by atoms with Crippen LogP contribution in [0.5, 0.6) is 0 Å². The minimum atomic E-state index is 0.745. The number of rotatable bonds is 4. The Balaban J connectivity index is 2.25. The molecular formula is C12H14N2O. The van der Waals surface area contributed by atoms with E-state index in [0.717, 1.165) is 30.1 Å². The molecule has 2 heterocycles. The van der Waals surface area contributed by atoms with Gasteiger partial charge in [0.15, 0.2) is 0 Å². The highest BCUT2D eigenvalue weighted by molar-refractivity contribution is 5.60.